The molecule has 0 atom stereocenters. The highest BCUT2D eigenvalue weighted by Gasteiger charge is 2.28. The zero-order valence-electron chi connectivity index (χ0n) is 19.7. The lowest BCUT2D eigenvalue weighted by atomic mass is 9.79. The fourth-order valence-corrected chi connectivity index (χ4v) is 5.20. The maximum absolute atomic E-state index is 13.0. The van der Waals surface area contributed by atoms with Crippen LogP contribution in [0.3, 0.4) is 0 Å². The Hall–Kier alpha value is -2.71. The van der Waals surface area contributed by atoms with E-state index >= 15 is 0 Å². The number of carbonyl (C=O) groups is 1. The monoisotopic (exact) mass is 447 g/mol. The summed E-state index contributed by atoms with van der Waals surface area (Å²) in [7, 11) is 4.05. The van der Waals surface area contributed by atoms with E-state index in [1.54, 1.807) is 4.68 Å². The van der Waals surface area contributed by atoms with Crippen molar-refractivity contribution in [2.45, 2.75) is 32.1 Å². The number of fused-ring (bicyclic) bond motifs is 1. The van der Waals surface area contributed by atoms with Crippen LogP contribution >= 0.6 is 0 Å². The fraction of sp³-hybridized carbons (Fsp3) is 0.560. The number of carbonyl (C=O) groups excluding carboxylic acids is 1. The molecule has 0 amide bonds. The third kappa shape index (κ3) is 5.28. The van der Waals surface area contributed by atoms with Crippen molar-refractivity contribution >= 4 is 16.7 Å². The molecule has 1 aromatic carbocycles. The predicted molar refractivity (Wildman–Crippen MR) is 128 cm³/mol. The van der Waals surface area contributed by atoms with Crippen LogP contribution in [0.2, 0.25) is 0 Å². The van der Waals surface area contributed by atoms with Crippen LogP contribution in [0.5, 0.6) is 0 Å². The van der Waals surface area contributed by atoms with Gasteiger partial charge in [-0.1, -0.05) is 11.3 Å². The summed E-state index contributed by atoms with van der Waals surface area (Å²) in [5.41, 5.74) is 3.38. The minimum absolute atomic E-state index is 0.164. The first kappa shape index (κ1) is 22.1. The standard InChI is InChI=1S/C25H33N7O/c1-30-9-11-32(12-10-30)16-18-3-5-19(6-4-18)25(33)15-22-14-21-13-20(7-8-23(21)27-26-22)24-17-31(2)29-28-24/h7-8,13-14,17-19H,3-6,9-12,15-16H2,1-2H3. The Bertz CT molecular complexity index is 1110. The van der Waals surface area contributed by atoms with Crippen molar-refractivity contribution in [2.75, 3.05) is 39.8 Å². The van der Waals surface area contributed by atoms with Gasteiger partial charge in [-0.2, -0.15) is 10.2 Å². The average molecular weight is 448 g/mol. The van der Waals surface area contributed by atoms with E-state index in [0.29, 0.717) is 12.2 Å². The minimum atomic E-state index is 0.164. The Balaban J connectivity index is 1.18. The molecule has 1 saturated carbocycles. The molecular weight excluding hydrogens is 414 g/mol. The van der Waals surface area contributed by atoms with E-state index in [-0.39, 0.29) is 5.92 Å². The Labute approximate surface area is 195 Å². The number of aryl methyl sites for hydroxylation is 1. The van der Waals surface area contributed by atoms with Crippen LogP contribution in [-0.2, 0) is 18.3 Å². The molecule has 2 aromatic heterocycles. The maximum atomic E-state index is 13.0. The molecule has 0 unspecified atom stereocenters. The van der Waals surface area contributed by atoms with E-state index in [4.69, 9.17) is 0 Å². The van der Waals surface area contributed by atoms with Crippen molar-refractivity contribution in [3.05, 3.63) is 36.2 Å². The second-order valence-corrected chi connectivity index (χ2v) is 9.85. The van der Waals surface area contributed by atoms with Gasteiger partial charge in [0.05, 0.1) is 23.8 Å². The summed E-state index contributed by atoms with van der Waals surface area (Å²) in [5, 5.41) is 17.9. The minimum Gasteiger partial charge on any atom is -0.304 e. The number of aromatic nitrogens is 5. The van der Waals surface area contributed by atoms with Crippen LogP contribution in [0.15, 0.2) is 30.5 Å². The highest BCUT2D eigenvalue weighted by atomic mass is 16.1. The first-order valence-electron chi connectivity index (χ1n) is 12.1. The van der Waals surface area contributed by atoms with Crippen molar-refractivity contribution in [1.29, 1.82) is 0 Å². The quantitative estimate of drug-likeness (QED) is 0.575. The van der Waals surface area contributed by atoms with Crippen LogP contribution in [-0.4, -0.2) is 80.5 Å². The number of likely N-dealkylation sites (N-methyl/N-ethyl adjacent to an activating group) is 1. The summed E-state index contributed by atoms with van der Waals surface area (Å²) in [6.07, 6.45) is 6.60. The number of hydrogen-bond donors (Lipinski definition) is 0. The van der Waals surface area contributed by atoms with Gasteiger partial charge >= 0.3 is 0 Å². The largest absolute Gasteiger partial charge is 0.304 e. The molecule has 2 aliphatic rings. The van der Waals surface area contributed by atoms with Crippen molar-refractivity contribution in [1.82, 2.24) is 35.0 Å². The lowest BCUT2D eigenvalue weighted by Crippen LogP contribution is -2.46. The molecule has 3 aromatic rings. The zero-order valence-corrected chi connectivity index (χ0v) is 19.7. The SMILES string of the molecule is CN1CCN(CC2CCC(C(=O)Cc3cc4cc(-c5cn(C)nn5)ccc4nn3)CC2)CC1. The molecule has 0 N–H and O–H groups in total. The summed E-state index contributed by atoms with van der Waals surface area (Å²) >= 11 is 0. The highest BCUT2D eigenvalue weighted by Crippen LogP contribution is 2.31. The third-order valence-corrected chi connectivity index (χ3v) is 7.30. The van der Waals surface area contributed by atoms with Gasteiger partial charge in [0.25, 0.3) is 0 Å². The molecule has 8 nitrogen and oxygen atoms in total. The van der Waals surface area contributed by atoms with E-state index in [0.717, 1.165) is 59.5 Å². The van der Waals surface area contributed by atoms with Crippen LogP contribution < -0.4 is 0 Å². The zero-order chi connectivity index (χ0) is 22.8. The van der Waals surface area contributed by atoms with Gasteiger partial charge in [-0.05, 0) is 56.8 Å². The number of rotatable bonds is 6. The molecule has 1 saturated heterocycles. The van der Waals surface area contributed by atoms with E-state index in [2.05, 4.69) is 37.4 Å². The highest BCUT2D eigenvalue weighted by molar-refractivity contribution is 5.86. The van der Waals surface area contributed by atoms with Gasteiger partial charge in [0, 0.05) is 56.6 Å². The fourth-order valence-electron chi connectivity index (χ4n) is 5.20. The summed E-state index contributed by atoms with van der Waals surface area (Å²) in [6.45, 7) is 5.88. The first-order chi connectivity index (χ1) is 16.0. The molecule has 2 fully saturated rings. The van der Waals surface area contributed by atoms with Crippen molar-refractivity contribution in [2.24, 2.45) is 18.9 Å². The molecule has 5 rings (SSSR count). The molecule has 1 aliphatic heterocycles. The van der Waals surface area contributed by atoms with E-state index < -0.39 is 0 Å². The summed E-state index contributed by atoms with van der Waals surface area (Å²) in [5.74, 6) is 1.21. The van der Waals surface area contributed by atoms with Gasteiger partial charge < -0.3 is 9.80 Å². The number of piperazine rings is 1. The van der Waals surface area contributed by atoms with Gasteiger partial charge in [-0.25, -0.2) is 0 Å². The normalized spacial score (nSPS) is 22.6. The van der Waals surface area contributed by atoms with Gasteiger partial charge in [-0.15, -0.1) is 5.10 Å². The molecule has 1 aliphatic carbocycles. The van der Waals surface area contributed by atoms with E-state index in [9.17, 15) is 4.79 Å². The molecular formula is C25H33N7O. The van der Waals surface area contributed by atoms with Crippen LogP contribution in [0.4, 0.5) is 0 Å². The van der Waals surface area contributed by atoms with Crippen molar-refractivity contribution in [3.8, 4) is 11.3 Å². The molecule has 0 bridgehead atoms. The van der Waals surface area contributed by atoms with Crippen LogP contribution in [0.25, 0.3) is 22.2 Å². The maximum Gasteiger partial charge on any atom is 0.141 e. The van der Waals surface area contributed by atoms with Gasteiger partial charge in [0.15, 0.2) is 0 Å². The Morgan fingerprint density at radius 1 is 0.970 bits per heavy atom. The second-order valence-electron chi connectivity index (χ2n) is 9.85. The van der Waals surface area contributed by atoms with E-state index in [1.807, 2.05) is 37.5 Å². The Morgan fingerprint density at radius 3 is 2.48 bits per heavy atom. The van der Waals surface area contributed by atoms with Crippen molar-refractivity contribution < 1.29 is 4.79 Å². The number of nitrogens with zero attached hydrogens (tertiary/aromatic N) is 7. The predicted octanol–water partition coefficient (Wildman–Crippen LogP) is 2.59. The van der Waals surface area contributed by atoms with Crippen molar-refractivity contribution in [3.63, 3.8) is 0 Å². The average Bonchev–Trinajstić information content (AvgIpc) is 3.27. The molecule has 33 heavy (non-hydrogen) atoms. The summed E-state index contributed by atoms with van der Waals surface area (Å²) in [6, 6.07) is 7.97. The number of benzene rings is 1. The molecule has 8 heteroatoms. The molecule has 3 heterocycles. The molecule has 0 radical (unpaired) electrons. The van der Waals surface area contributed by atoms with Gasteiger partial charge in [0.1, 0.15) is 11.5 Å². The summed E-state index contributed by atoms with van der Waals surface area (Å²) < 4.78 is 1.69. The molecule has 174 valence electrons. The smallest absolute Gasteiger partial charge is 0.141 e. The van der Waals surface area contributed by atoms with E-state index in [1.165, 1.54) is 32.7 Å². The Kier molecular flexibility index (Phi) is 6.46. The van der Waals surface area contributed by atoms with Crippen LogP contribution in [0, 0.1) is 11.8 Å². The van der Waals surface area contributed by atoms with Gasteiger partial charge in [0.2, 0.25) is 0 Å². The second kappa shape index (κ2) is 9.65. The van der Waals surface area contributed by atoms with Crippen LogP contribution in [0.1, 0.15) is 31.4 Å². The summed E-state index contributed by atoms with van der Waals surface area (Å²) in [4.78, 5) is 18.0. The Morgan fingerprint density at radius 2 is 1.76 bits per heavy atom. The molecule has 0 spiro atoms. The number of ketones is 1. The third-order valence-electron chi connectivity index (χ3n) is 7.30. The lowest BCUT2D eigenvalue weighted by Gasteiger charge is -2.36. The first-order valence-corrected chi connectivity index (χ1v) is 12.1. The lowest BCUT2D eigenvalue weighted by molar-refractivity contribution is -0.123. The number of Topliss-reactive ketones (excluding diaryl/α,β-unsaturated/α-hetero) is 1. The van der Waals surface area contributed by atoms with Gasteiger partial charge in [-0.3, -0.25) is 9.48 Å². The number of hydrogen-bond acceptors (Lipinski definition) is 7. The topological polar surface area (TPSA) is 80.0 Å².